The Morgan fingerprint density at radius 2 is 1.57 bits per heavy atom. The minimum Gasteiger partial charge on any atom is -0.462 e. The Bertz CT molecular complexity index is 577. The topological polar surface area (TPSA) is 95.9 Å². The Balaban J connectivity index is 4.22. The van der Waals surface area contributed by atoms with Gasteiger partial charge >= 0.3 is 11.9 Å². The first-order valence-corrected chi connectivity index (χ1v) is 10.6. The molecule has 0 bridgehead atoms. The fourth-order valence-electron chi connectivity index (χ4n) is 2.26. The quantitative estimate of drug-likeness (QED) is 0.150. The predicted octanol–water partition coefficient (Wildman–Crippen LogP) is 3.11. The van der Waals surface area contributed by atoms with Gasteiger partial charge in [-0.15, -0.1) is 0 Å². The summed E-state index contributed by atoms with van der Waals surface area (Å²) in [6.45, 7) is 8.46. The number of esters is 1. The summed E-state index contributed by atoms with van der Waals surface area (Å²) in [5, 5.41) is 20.9. The highest BCUT2D eigenvalue weighted by Crippen LogP contribution is 2.13. The lowest BCUT2D eigenvalue weighted by Gasteiger charge is -2.19. The number of carbonyl (C=O) groups is 2. The van der Waals surface area contributed by atoms with Gasteiger partial charge in [0.25, 0.3) is 0 Å². The summed E-state index contributed by atoms with van der Waals surface area (Å²) in [7, 11) is 1.09. The SMILES string of the molecule is COC(=O)C(=O)NC(CSCC=C(C)CCC=C(C)CCC=C(C)C)C(O)O. The molecule has 0 radical (unpaired) electrons. The smallest absolute Gasteiger partial charge is 0.396 e. The lowest BCUT2D eigenvalue weighted by atomic mass is 10.1. The van der Waals surface area contributed by atoms with Crippen LogP contribution in [0.5, 0.6) is 0 Å². The third-order valence-corrected chi connectivity index (χ3v) is 5.01. The van der Waals surface area contributed by atoms with Crippen LogP contribution in [0.3, 0.4) is 0 Å². The Kier molecular flexibility index (Phi) is 14.5. The highest BCUT2D eigenvalue weighted by Gasteiger charge is 2.23. The fourth-order valence-corrected chi connectivity index (χ4v) is 3.31. The Labute approximate surface area is 173 Å². The molecule has 0 rings (SSSR count). The summed E-state index contributed by atoms with van der Waals surface area (Å²) in [5.74, 6) is -1.09. The van der Waals surface area contributed by atoms with E-state index in [4.69, 9.17) is 0 Å². The number of rotatable bonds is 12. The zero-order chi connectivity index (χ0) is 21.5. The van der Waals surface area contributed by atoms with Crippen molar-refractivity contribution in [2.75, 3.05) is 18.6 Å². The second-order valence-corrected chi connectivity index (χ2v) is 8.06. The summed E-state index contributed by atoms with van der Waals surface area (Å²) in [4.78, 5) is 22.6. The number of carbonyl (C=O) groups excluding carboxylic acids is 2. The first-order valence-electron chi connectivity index (χ1n) is 9.44. The van der Waals surface area contributed by atoms with Crippen LogP contribution in [0.4, 0.5) is 0 Å². The van der Waals surface area contributed by atoms with E-state index in [1.54, 1.807) is 0 Å². The number of allylic oxidation sites excluding steroid dienone is 5. The third kappa shape index (κ3) is 13.6. The average molecular weight is 414 g/mol. The monoisotopic (exact) mass is 413 g/mol. The maximum Gasteiger partial charge on any atom is 0.396 e. The zero-order valence-electron chi connectivity index (χ0n) is 17.7. The molecule has 1 atom stereocenters. The molecule has 6 nitrogen and oxygen atoms in total. The summed E-state index contributed by atoms with van der Waals surface area (Å²) in [5.41, 5.74) is 4.02. The van der Waals surface area contributed by atoms with Crippen LogP contribution in [-0.4, -0.2) is 53.0 Å². The lowest BCUT2D eigenvalue weighted by molar-refractivity contribution is -0.154. The van der Waals surface area contributed by atoms with Crippen LogP contribution < -0.4 is 5.32 Å². The minimum absolute atomic E-state index is 0.271. The molecule has 0 spiro atoms. The molecule has 3 N–H and O–H groups in total. The minimum atomic E-state index is -1.74. The number of aliphatic hydroxyl groups excluding tert-OH is 1. The van der Waals surface area contributed by atoms with Gasteiger partial charge in [-0.3, -0.25) is 4.79 Å². The van der Waals surface area contributed by atoms with Crippen molar-refractivity contribution < 1.29 is 24.5 Å². The first-order chi connectivity index (χ1) is 13.2. The van der Waals surface area contributed by atoms with Crippen LogP contribution in [0.2, 0.25) is 0 Å². The van der Waals surface area contributed by atoms with Gasteiger partial charge in [0, 0.05) is 11.5 Å². The van der Waals surface area contributed by atoms with Gasteiger partial charge in [0.15, 0.2) is 6.29 Å². The molecule has 160 valence electrons. The second kappa shape index (κ2) is 15.4. The molecular formula is C21H35NO5S. The summed E-state index contributed by atoms with van der Waals surface area (Å²) < 4.78 is 4.30. The summed E-state index contributed by atoms with van der Waals surface area (Å²) >= 11 is 1.45. The molecule has 0 aromatic carbocycles. The van der Waals surface area contributed by atoms with Gasteiger partial charge in [-0.2, -0.15) is 11.8 Å². The Hall–Kier alpha value is -1.57. The molecular weight excluding hydrogens is 378 g/mol. The largest absolute Gasteiger partial charge is 0.462 e. The highest BCUT2D eigenvalue weighted by atomic mass is 32.2. The maximum atomic E-state index is 11.5. The fraction of sp³-hybridized carbons (Fsp3) is 0.619. The number of methoxy groups -OCH3 is 1. The van der Waals surface area contributed by atoms with E-state index in [0.717, 1.165) is 32.8 Å². The molecule has 7 heteroatoms. The van der Waals surface area contributed by atoms with E-state index in [2.05, 4.69) is 56.0 Å². The van der Waals surface area contributed by atoms with E-state index in [0.29, 0.717) is 5.75 Å². The van der Waals surface area contributed by atoms with Crippen molar-refractivity contribution >= 4 is 23.6 Å². The van der Waals surface area contributed by atoms with E-state index in [1.165, 1.54) is 28.5 Å². The number of amides is 1. The molecule has 0 heterocycles. The molecule has 28 heavy (non-hydrogen) atoms. The van der Waals surface area contributed by atoms with E-state index in [9.17, 15) is 19.8 Å². The van der Waals surface area contributed by atoms with Gasteiger partial charge in [0.05, 0.1) is 13.2 Å². The molecule has 1 unspecified atom stereocenters. The maximum absolute atomic E-state index is 11.5. The van der Waals surface area contributed by atoms with Crippen LogP contribution in [0.1, 0.15) is 53.4 Å². The van der Waals surface area contributed by atoms with Gasteiger partial charge in [-0.25, -0.2) is 4.79 Å². The van der Waals surface area contributed by atoms with Crippen molar-refractivity contribution in [3.63, 3.8) is 0 Å². The average Bonchev–Trinajstić information content (AvgIpc) is 2.62. The zero-order valence-corrected chi connectivity index (χ0v) is 18.5. The van der Waals surface area contributed by atoms with Crippen molar-refractivity contribution in [2.45, 2.75) is 65.7 Å². The number of hydrogen-bond acceptors (Lipinski definition) is 6. The van der Waals surface area contributed by atoms with Crippen LogP contribution in [-0.2, 0) is 14.3 Å². The molecule has 0 aliphatic carbocycles. The molecule has 0 aromatic heterocycles. The van der Waals surface area contributed by atoms with Crippen LogP contribution >= 0.6 is 11.8 Å². The highest BCUT2D eigenvalue weighted by molar-refractivity contribution is 7.99. The molecule has 0 aliphatic rings. The van der Waals surface area contributed by atoms with Crippen molar-refractivity contribution in [2.24, 2.45) is 0 Å². The summed E-state index contributed by atoms with van der Waals surface area (Å²) in [6, 6.07) is -0.934. The molecule has 0 saturated heterocycles. The van der Waals surface area contributed by atoms with Gasteiger partial charge in [-0.1, -0.05) is 34.9 Å². The van der Waals surface area contributed by atoms with Crippen LogP contribution in [0.15, 0.2) is 34.9 Å². The van der Waals surface area contributed by atoms with Gasteiger partial charge in [0.1, 0.15) is 0 Å². The van der Waals surface area contributed by atoms with Gasteiger partial charge in [0.2, 0.25) is 0 Å². The number of nitrogens with one attached hydrogen (secondary N) is 1. The molecule has 0 fully saturated rings. The van der Waals surface area contributed by atoms with Gasteiger partial charge < -0.3 is 20.3 Å². The predicted molar refractivity (Wildman–Crippen MR) is 115 cm³/mol. The molecule has 0 aliphatic heterocycles. The Morgan fingerprint density at radius 3 is 2.11 bits per heavy atom. The molecule has 1 amide bonds. The number of thioether (sulfide) groups is 1. The third-order valence-electron chi connectivity index (χ3n) is 4.02. The summed E-state index contributed by atoms with van der Waals surface area (Å²) in [6.07, 6.45) is 9.04. The number of ether oxygens (including phenoxy) is 1. The van der Waals surface area contributed by atoms with Crippen molar-refractivity contribution in [3.8, 4) is 0 Å². The second-order valence-electron chi connectivity index (χ2n) is 6.98. The standard InChI is InChI=1S/C21H35NO5S/c1-15(2)8-6-9-16(3)10-7-11-17(4)12-13-28-14-18(20(24)25)22-19(23)21(26)27-5/h8,10,12,18,20,24-25H,6-7,9,11,13-14H2,1-5H3,(H,22,23). The Morgan fingerprint density at radius 1 is 1.00 bits per heavy atom. The normalized spacial score (nSPS) is 13.3. The van der Waals surface area contributed by atoms with E-state index < -0.39 is 24.2 Å². The van der Waals surface area contributed by atoms with Crippen LogP contribution in [0, 0.1) is 0 Å². The van der Waals surface area contributed by atoms with Crippen LogP contribution in [0.25, 0.3) is 0 Å². The lowest BCUT2D eigenvalue weighted by Crippen LogP contribution is -2.47. The van der Waals surface area contributed by atoms with E-state index in [-0.39, 0.29) is 5.75 Å². The molecule has 0 saturated carbocycles. The first kappa shape index (κ1) is 26.4. The van der Waals surface area contributed by atoms with E-state index in [1.807, 2.05) is 0 Å². The van der Waals surface area contributed by atoms with Crippen molar-refractivity contribution in [3.05, 3.63) is 34.9 Å². The number of hydrogen-bond donors (Lipinski definition) is 3. The van der Waals surface area contributed by atoms with Crippen molar-refractivity contribution in [1.82, 2.24) is 5.32 Å². The number of aliphatic hydroxyl groups is 2. The molecule has 0 aromatic rings. The van der Waals surface area contributed by atoms with Gasteiger partial charge in [-0.05, 0) is 53.4 Å². The van der Waals surface area contributed by atoms with E-state index >= 15 is 0 Å². The van der Waals surface area contributed by atoms with Crippen molar-refractivity contribution in [1.29, 1.82) is 0 Å².